The van der Waals surface area contributed by atoms with Crippen LogP contribution < -0.4 is 10.4 Å². The minimum absolute atomic E-state index is 0.140. The van der Waals surface area contributed by atoms with Gasteiger partial charge >= 0.3 is 6.09 Å². The minimum atomic E-state index is -2.68. The fourth-order valence-electron chi connectivity index (χ4n) is 5.01. The summed E-state index contributed by atoms with van der Waals surface area (Å²) in [4.78, 5) is 14.4. The Morgan fingerprint density at radius 2 is 1.57 bits per heavy atom. The predicted molar refractivity (Wildman–Crippen MR) is 151 cm³/mol. The standard InChI is InChI=1S/C30H43NO5Si/c1-28(2,3)36-27(33)31-25(22-34-30(31,7)8)26(32)20-15-21-35-37(29(4,5)6,23-16-11-9-12-17-23)24-18-13-10-14-19-24/h9-20,25-26,32H,21-22H2,1-8H3/b20-15+/t25-,26+/m0/s1. The van der Waals surface area contributed by atoms with Crippen molar-refractivity contribution in [2.75, 3.05) is 13.2 Å². The molecule has 1 saturated heterocycles. The van der Waals surface area contributed by atoms with Gasteiger partial charge in [0.2, 0.25) is 0 Å². The molecule has 0 unspecified atom stereocenters. The lowest BCUT2D eigenvalue weighted by Gasteiger charge is -2.42. The molecule has 1 amide bonds. The summed E-state index contributed by atoms with van der Waals surface area (Å²) in [7, 11) is -2.68. The second-order valence-electron chi connectivity index (χ2n) is 12.1. The first-order chi connectivity index (χ1) is 17.2. The average molecular weight is 526 g/mol. The van der Waals surface area contributed by atoms with Crippen LogP contribution in [0.4, 0.5) is 4.79 Å². The molecule has 0 spiro atoms. The molecular weight excluding hydrogens is 482 g/mol. The number of aliphatic hydroxyl groups excluding tert-OH is 1. The highest BCUT2D eigenvalue weighted by atomic mass is 28.4. The Hall–Kier alpha value is -2.45. The third kappa shape index (κ3) is 6.52. The van der Waals surface area contributed by atoms with E-state index >= 15 is 0 Å². The quantitative estimate of drug-likeness (QED) is 0.413. The molecule has 0 aliphatic carbocycles. The second-order valence-corrected chi connectivity index (χ2v) is 16.4. The van der Waals surface area contributed by atoms with Gasteiger partial charge in [-0.15, -0.1) is 0 Å². The lowest BCUT2D eigenvalue weighted by molar-refractivity contribution is -0.0661. The maximum absolute atomic E-state index is 12.9. The van der Waals surface area contributed by atoms with E-state index in [1.807, 2.05) is 39.0 Å². The van der Waals surface area contributed by atoms with E-state index in [0.717, 1.165) is 0 Å². The van der Waals surface area contributed by atoms with Gasteiger partial charge in [0.25, 0.3) is 8.32 Å². The van der Waals surface area contributed by atoms with E-state index < -0.39 is 37.9 Å². The zero-order valence-electron chi connectivity index (χ0n) is 23.5. The van der Waals surface area contributed by atoms with E-state index in [2.05, 4.69) is 69.3 Å². The van der Waals surface area contributed by atoms with Crippen molar-refractivity contribution in [3.8, 4) is 0 Å². The number of ether oxygens (including phenoxy) is 2. The number of nitrogens with zero attached hydrogens (tertiary/aromatic N) is 1. The van der Waals surface area contributed by atoms with Crippen LogP contribution in [0.3, 0.4) is 0 Å². The lowest BCUT2D eigenvalue weighted by Crippen LogP contribution is -2.66. The highest BCUT2D eigenvalue weighted by Crippen LogP contribution is 2.37. The Morgan fingerprint density at radius 3 is 2.03 bits per heavy atom. The normalized spacial score (nSPS) is 19.3. The summed E-state index contributed by atoms with van der Waals surface area (Å²) in [6.45, 7) is 16.3. The van der Waals surface area contributed by atoms with E-state index in [4.69, 9.17) is 13.9 Å². The van der Waals surface area contributed by atoms with Gasteiger partial charge in [-0.1, -0.05) is 93.6 Å². The molecule has 0 bridgehead atoms. The smallest absolute Gasteiger partial charge is 0.413 e. The Labute approximate surface area is 223 Å². The van der Waals surface area contributed by atoms with Crippen LogP contribution in [-0.4, -0.2) is 61.1 Å². The van der Waals surface area contributed by atoms with Gasteiger partial charge in [0.05, 0.1) is 25.4 Å². The number of hydrogen-bond donors (Lipinski definition) is 1. The van der Waals surface area contributed by atoms with Gasteiger partial charge < -0.3 is 19.0 Å². The van der Waals surface area contributed by atoms with Crippen LogP contribution >= 0.6 is 0 Å². The fraction of sp³-hybridized carbons (Fsp3) is 0.500. The van der Waals surface area contributed by atoms with Crippen LogP contribution in [0.25, 0.3) is 0 Å². The van der Waals surface area contributed by atoms with Crippen molar-refractivity contribution in [2.24, 2.45) is 0 Å². The summed E-state index contributed by atoms with van der Waals surface area (Å²) in [6.07, 6.45) is 2.11. The average Bonchev–Trinajstić information content (AvgIpc) is 3.13. The van der Waals surface area contributed by atoms with Gasteiger partial charge in [0.1, 0.15) is 11.3 Å². The molecule has 2 aromatic rings. The van der Waals surface area contributed by atoms with Crippen molar-refractivity contribution in [3.63, 3.8) is 0 Å². The highest BCUT2D eigenvalue weighted by molar-refractivity contribution is 6.99. The molecule has 0 saturated carbocycles. The summed E-state index contributed by atoms with van der Waals surface area (Å²) in [5.74, 6) is 0. The molecule has 1 N–H and O–H groups in total. The van der Waals surface area contributed by atoms with Crippen molar-refractivity contribution in [1.29, 1.82) is 0 Å². The molecule has 202 valence electrons. The second kappa shape index (κ2) is 11.1. The summed E-state index contributed by atoms with van der Waals surface area (Å²) in [5.41, 5.74) is -1.53. The topological polar surface area (TPSA) is 68.2 Å². The number of hydrogen-bond acceptors (Lipinski definition) is 5. The van der Waals surface area contributed by atoms with Crippen LogP contribution in [-0.2, 0) is 13.9 Å². The number of benzene rings is 2. The van der Waals surface area contributed by atoms with Crippen molar-refractivity contribution in [3.05, 3.63) is 72.8 Å². The van der Waals surface area contributed by atoms with Crippen LogP contribution in [0.1, 0.15) is 55.4 Å². The third-order valence-electron chi connectivity index (χ3n) is 6.65. The number of carbonyl (C=O) groups excluding carboxylic acids is 1. The number of carbonyl (C=O) groups is 1. The minimum Gasteiger partial charge on any atom is -0.444 e. The number of aliphatic hydroxyl groups is 1. The van der Waals surface area contributed by atoms with E-state index in [1.54, 1.807) is 19.9 Å². The summed E-state index contributed by atoms with van der Waals surface area (Å²) in [5, 5.41) is 13.3. The Bertz CT molecular complexity index is 1020. The molecule has 2 atom stereocenters. The van der Waals surface area contributed by atoms with E-state index in [9.17, 15) is 9.90 Å². The zero-order valence-corrected chi connectivity index (χ0v) is 24.5. The van der Waals surface area contributed by atoms with Gasteiger partial charge in [-0.25, -0.2) is 4.79 Å². The molecule has 1 aliphatic rings. The molecule has 3 rings (SSSR count). The van der Waals surface area contributed by atoms with Crippen molar-refractivity contribution in [2.45, 2.75) is 83.9 Å². The highest BCUT2D eigenvalue weighted by Gasteiger charge is 2.50. The molecule has 37 heavy (non-hydrogen) atoms. The van der Waals surface area contributed by atoms with E-state index in [0.29, 0.717) is 6.61 Å². The van der Waals surface area contributed by atoms with Crippen LogP contribution in [0.2, 0.25) is 5.04 Å². The van der Waals surface area contributed by atoms with Crippen LogP contribution in [0.15, 0.2) is 72.8 Å². The zero-order chi connectivity index (χ0) is 27.5. The predicted octanol–water partition coefficient (Wildman–Crippen LogP) is 4.85. The largest absolute Gasteiger partial charge is 0.444 e. The maximum atomic E-state index is 12.9. The molecule has 0 radical (unpaired) electrons. The SMILES string of the molecule is CC(C)(C)OC(=O)N1[C@H]([C@H](O)/C=C/CO[Si](c2ccccc2)(c2ccccc2)C(C)(C)C)COC1(C)C. The maximum Gasteiger partial charge on any atom is 0.413 e. The third-order valence-corrected chi connectivity index (χ3v) is 11.7. The Balaban J connectivity index is 1.83. The van der Waals surface area contributed by atoms with Gasteiger partial charge in [0, 0.05) is 0 Å². The summed E-state index contributed by atoms with van der Waals surface area (Å²) >= 11 is 0. The summed E-state index contributed by atoms with van der Waals surface area (Å²) < 4.78 is 18.3. The molecule has 1 heterocycles. The van der Waals surface area contributed by atoms with Gasteiger partial charge in [-0.3, -0.25) is 4.90 Å². The lowest BCUT2D eigenvalue weighted by atomic mass is 10.1. The molecule has 0 aromatic heterocycles. The van der Waals surface area contributed by atoms with Crippen molar-refractivity contribution >= 4 is 24.8 Å². The van der Waals surface area contributed by atoms with Crippen LogP contribution in [0, 0.1) is 0 Å². The first-order valence-electron chi connectivity index (χ1n) is 12.9. The van der Waals surface area contributed by atoms with Gasteiger partial charge in [-0.2, -0.15) is 0 Å². The van der Waals surface area contributed by atoms with Gasteiger partial charge in [0.15, 0.2) is 0 Å². The number of amides is 1. The van der Waals surface area contributed by atoms with Crippen LogP contribution in [0.5, 0.6) is 0 Å². The molecular formula is C30H43NO5Si. The van der Waals surface area contributed by atoms with Crippen molar-refractivity contribution < 1.29 is 23.8 Å². The summed E-state index contributed by atoms with van der Waals surface area (Å²) in [6, 6.07) is 20.3. The molecule has 1 aliphatic heterocycles. The Morgan fingerprint density at radius 1 is 1.05 bits per heavy atom. The monoisotopic (exact) mass is 525 g/mol. The van der Waals surface area contributed by atoms with E-state index in [1.165, 1.54) is 15.3 Å². The molecule has 7 heteroatoms. The van der Waals surface area contributed by atoms with Gasteiger partial charge in [-0.05, 0) is 50.0 Å². The molecule has 1 fully saturated rings. The van der Waals surface area contributed by atoms with E-state index in [-0.39, 0.29) is 11.6 Å². The molecule has 2 aromatic carbocycles. The first kappa shape index (κ1) is 29.1. The van der Waals surface area contributed by atoms with Crippen molar-refractivity contribution in [1.82, 2.24) is 4.90 Å². The molecule has 6 nitrogen and oxygen atoms in total. The number of rotatable bonds is 7. The first-order valence-corrected chi connectivity index (χ1v) is 14.9. The fourth-order valence-corrected chi connectivity index (χ4v) is 9.51. The Kier molecular flexibility index (Phi) is 8.74.